The number of ether oxygens (including phenoxy) is 2. The molecule has 0 aliphatic heterocycles. The molecule has 0 bridgehead atoms. The van der Waals surface area contributed by atoms with Gasteiger partial charge >= 0.3 is 0 Å². The molecule has 0 saturated carbocycles. The standard InChI is InChI=1S/C22H34O2/c1-14(2)9-8-10-15(3)18-12-11-16(4)20-19(18)13-17(5)21(23-6)22(20)24-7/h9,13,15-16,18H,8,10-12H2,1-7H3/t15-,16+,18?/m0/s1. The zero-order chi connectivity index (χ0) is 17.9. The van der Waals surface area contributed by atoms with E-state index in [9.17, 15) is 0 Å². The van der Waals surface area contributed by atoms with E-state index in [0.717, 1.165) is 11.5 Å². The predicted octanol–water partition coefficient (Wildman–Crippen LogP) is 6.38. The maximum absolute atomic E-state index is 5.79. The predicted molar refractivity (Wildman–Crippen MR) is 103 cm³/mol. The van der Waals surface area contributed by atoms with Crippen LogP contribution in [0.3, 0.4) is 0 Å². The van der Waals surface area contributed by atoms with Crippen LogP contribution in [0.25, 0.3) is 0 Å². The molecule has 0 fully saturated rings. The van der Waals surface area contributed by atoms with Crippen LogP contribution in [0.15, 0.2) is 17.7 Å². The fourth-order valence-electron chi connectivity index (χ4n) is 4.24. The zero-order valence-corrected chi connectivity index (χ0v) is 16.5. The highest BCUT2D eigenvalue weighted by Crippen LogP contribution is 2.50. The van der Waals surface area contributed by atoms with Gasteiger partial charge in [-0.15, -0.1) is 0 Å². The highest BCUT2D eigenvalue weighted by atomic mass is 16.5. The van der Waals surface area contributed by atoms with E-state index in [4.69, 9.17) is 9.47 Å². The van der Waals surface area contributed by atoms with Gasteiger partial charge in [0, 0.05) is 5.56 Å². The number of rotatable bonds is 6. The Morgan fingerprint density at radius 3 is 2.46 bits per heavy atom. The van der Waals surface area contributed by atoms with E-state index in [2.05, 4.69) is 46.8 Å². The van der Waals surface area contributed by atoms with Crippen LogP contribution in [0.2, 0.25) is 0 Å². The molecule has 1 unspecified atom stereocenters. The summed E-state index contributed by atoms with van der Waals surface area (Å²) in [5, 5.41) is 0. The van der Waals surface area contributed by atoms with Gasteiger partial charge in [0.15, 0.2) is 11.5 Å². The van der Waals surface area contributed by atoms with Gasteiger partial charge in [0.1, 0.15) is 0 Å². The van der Waals surface area contributed by atoms with Crippen molar-refractivity contribution in [3.8, 4) is 11.5 Å². The van der Waals surface area contributed by atoms with Crippen LogP contribution in [-0.2, 0) is 0 Å². The Bertz CT molecular complexity index is 596. The van der Waals surface area contributed by atoms with Crippen molar-refractivity contribution in [3.05, 3.63) is 34.4 Å². The van der Waals surface area contributed by atoms with Crippen LogP contribution in [0.5, 0.6) is 11.5 Å². The maximum Gasteiger partial charge on any atom is 0.164 e. The first kappa shape index (κ1) is 18.9. The van der Waals surface area contributed by atoms with Crippen LogP contribution in [0, 0.1) is 12.8 Å². The minimum absolute atomic E-state index is 0.533. The van der Waals surface area contributed by atoms with Gasteiger partial charge < -0.3 is 9.47 Å². The summed E-state index contributed by atoms with van der Waals surface area (Å²) < 4.78 is 11.4. The number of aryl methyl sites for hydroxylation is 1. The summed E-state index contributed by atoms with van der Waals surface area (Å²) in [6.45, 7) is 11.2. The summed E-state index contributed by atoms with van der Waals surface area (Å²) in [7, 11) is 3.51. The number of fused-ring (bicyclic) bond motifs is 1. The summed E-state index contributed by atoms with van der Waals surface area (Å²) in [5.74, 6) is 3.71. The molecule has 1 aromatic rings. The third-order valence-corrected chi connectivity index (χ3v) is 5.56. The maximum atomic E-state index is 5.79. The van der Waals surface area contributed by atoms with E-state index in [0.29, 0.717) is 17.8 Å². The lowest BCUT2D eigenvalue weighted by molar-refractivity contribution is 0.329. The molecule has 0 saturated heterocycles. The molecule has 0 aromatic heterocycles. The van der Waals surface area contributed by atoms with Crippen LogP contribution in [0.1, 0.15) is 81.9 Å². The quantitative estimate of drug-likeness (QED) is 0.564. The van der Waals surface area contributed by atoms with Crippen LogP contribution >= 0.6 is 0 Å². The molecule has 0 N–H and O–H groups in total. The van der Waals surface area contributed by atoms with E-state index in [1.54, 1.807) is 14.2 Å². The van der Waals surface area contributed by atoms with Gasteiger partial charge in [0.2, 0.25) is 0 Å². The van der Waals surface area contributed by atoms with E-state index in [1.807, 2.05) is 0 Å². The molecule has 0 heterocycles. The molecule has 134 valence electrons. The van der Waals surface area contributed by atoms with Crippen LogP contribution in [-0.4, -0.2) is 14.2 Å². The van der Waals surface area contributed by atoms with Gasteiger partial charge in [0.05, 0.1) is 14.2 Å². The molecule has 2 nitrogen and oxygen atoms in total. The Morgan fingerprint density at radius 1 is 1.21 bits per heavy atom. The fraction of sp³-hybridized carbons (Fsp3) is 0.636. The molecule has 0 spiro atoms. The first-order chi connectivity index (χ1) is 11.4. The zero-order valence-electron chi connectivity index (χ0n) is 16.5. The van der Waals surface area contributed by atoms with Crippen molar-refractivity contribution in [2.24, 2.45) is 5.92 Å². The van der Waals surface area contributed by atoms with Gasteiger partial charge in [-0.05, 0) is 75.3 Å². The topological polar surface area (TPSA) is 18.5 Å². The van der Waals surface area contributed by atoms with E-state index < -0.39 is 0 Å². The summed E-state index contributed by atoms with van der Waals surface area (Å²) in [5.41, 5.74) is 5.48. The molecular weight excluding hydrogens is 296 g/mol. The van der Waals surface area contributed by atoms with Crippen molar-refractivity contribution in [1.29, 1.82) is 0 Å². The molecule has 1 aliphatic carbocycles. The summed E-state index contributed by atoms with van der Waals surface area (Å²) in [6.07, 6.45) is 7.29. The molecule has 2 heteroatoms. The lowest BCUT2D eigenvalue weighted by Crippen LogP contribution is -2.20. The van der Waals surface area contributed by atoms with Gasteiger partial charge in [0.25, 0.3) is 0 Å². The molecule has 1 aromatic carbocycles. The van der Waals surface area contributed by atoms with Gasteiger partial charge in [-0.1, -0.05) is 31.6 Å². The van der Waals surface area contributed by atoms with Crippen molar-refractivity contribution in [3.63, 3.8) is 0 Å². The molecule has 0 amide bonds. The Kier molecular flexibility index (Phi) is 6.37. The lowest BCUT2D eigenvalue weighted by atomic mass is 9.70. The largest absolute Gasteiger partial charge is 0.493 e. The van der Waals surface area contributed by atoms with Crippen molar-refractivity contribution >= 4 is 0 Å². The SMILES string of the molecule is COc1c(C)cc2c(c1OC)[C@H](C)CCC2[C@@H](C)CCC=C(C)C. The molecular formula is C22H34O2. The second-order valence-corrected chi connectivity index (χ2v) is 7.68. The summed E-state index contributed by atoms with van der Waals surface area (Å²) in [4.78, 5) is 0. The molecule has 3 atom stereocenters. The van der Waals surface area contributed by atoms with Crippen molar-refractivity contribution in [2.75, 3.05) is 14.2 Å². The Balaban J connectivity index is 2.39. The minimum Gasteiger partial charge on any atom is -0.493 e. The second kappa shape index (κ2) is 8.09. The third-order valence-electron chi connectivity index (χ3n) is 5.56. The fourth-order valence-corrected chi connectivity index (χ4v) is 4.24. The molecule has 0 radical (unpaired) electrons. The second-order valence-electron chi connectivity index (χ2n) is 7.68. The Labute approximate surface area is 148 Å². The lowest BCUT2D eigenvalue weighted by Gasteiger charge is -2.35. The minimum atomic E-state index is 0.533. The van der Waals surface area contributed by atoms with Crippen molar-refractivity contribution in [1.82, 2.24) is 0 Å². The van der Waals surface area contributed by atoms with Gasteiger partial charge in [-0.3, -0.25) is 0 Å². The number of allylic oxidation sites excluding steroid dienone is 2. The van der Waals surface area contributed by atoms with Crippen LogP contribution in [0.4, 0.5) is 0 Å². The first-order valence-electron chi connectivity index (χ1n) is 9.29. The van der Waals surface area contributed by atoms with E-state index >= 15 is 0 Å². The van der Waals surface area contributed by atoms with Gasteiger partial charge in [-0.25, -0.2) is 0 Å². The number of benzene rings is 1. The first-order valence-corrected chi connectivity index (χ1v) is 9.29. The van der Waals surface area contributed by atoms with E-state index in [-0.39, 0.29) is 0 Å². The number of hydrogen-bond donors (Lipinski definition) is 0. The monoisotopic (exact) mass is 330 g/mol. The average Bonchev–Trinajstić information content (AvgIpc) is 2.53. The molecule has 1 aliphatic rings. The molecule has 2 rings (SSSR count). The van der Waals surface area contributed by atoms with Crippen molar-refractivity contribution < 1.29 is 9.47 Å². The third kappa shape index (κ3) is 3.79. The number of hydrogen-bond acceptors (Lipinski definition) is 2. The average molecular weight is 331 g/mol. The number of methoxy groups -OCH3 is 2. The Hall–Kier alpha value is -1.44. The van der Waals surface area contributed by atoms with Gasteiger partial charge in [-0.2, -0.15) is 0 Å². The smallest absolute Gasteiger partial charge is 0.164 e. The van der Waals surface area contributed by atoms with Crippen LogP contribution < -0.4 is 9.47 Å². The van der Waals surface area contributed by atoms with Crippen molar-refractivity contribution in [2.45, 2.75) is 72.1 Å². The highest BCUT2D eigenvalue weighted by Gasteiger charge is 2.32. The summed E-state index contributed by atoms with van der Waals surface area (Å²) >= 11 is 0. The normalized spacial score (nSPS) is 21.0. The highest BCUT2D eigenvalue weighted by molar-refractivity contribution is 5.58. The molecule has 24 heavy (non-hydrogen) atoms. The summed E-state index contributed by atoms with van der Waals surface area (Å²) in [6, 6.07) is 2.36. The Morgan fingerprint density at radius 2 is 1.88 bits per heavy atom. The van der Waals surface area contributed by atoms with E-state index in [1.165, 1.54) is 47.9 Å².